The number of rotatable bonds is 2. The van der Waals surface area contributed by atoms with Crippen molar-refractivity contribution in [3.63, 3.8) is 0 Å². The largest absolute Gasteiger partial charge is 0.341 e. The molecule has 1 aliphatic heterocycles. The molecule has 0 bridgehead atoms. The standard InChI is InChI=1S/C13H24N2O/c1-13(9-6-10-14-13)12(16)15(2)11-7-4-3-5-8-11/h11,14H,3-10H2,1-2H3. The Kier molecular flexibility index (Phi) is 3.53. The Hall–Kier alpha value is -0.570. The van der Waals surface area contributed by atoms with Gasteiger partial charge in [-0.1, -0.05) is 19.3 Å². The molecule has 0 aromatic heterocycles. The summed E-state index contributed by atoms with van der Waals surface area (Å²) in [6.07, 6.45) is 8.41. The summed E-state index contributed by atoms with van der Waals surface area (Å²) in [7, 11) is 1.99. The number of hydrogen-bond acceptors (Lipinski definition) is 2. The minimum Gasteiger partial charge on any atom is -0.341 e. The highest BCUT2D eigenvalue weighted by molar-refractivity contribution is 5.86. The van der Waals surface area contributed by atoms with E-state index in [0.717, 1.165) is 19.4 Å². The van der Waals surface area contributed by atoms with Gasteiger partial charge in [-0.2, -0.15) is 0 Å². The van der Waals surface area contributed by atoms with E-state index in [9.17, 15) is 4.79 Å². The van der Waals surface area contributed by atoms with Crippen molar-refractivity contribution in [2.45, 2.75) is 63.5 Å². The quantitative estimate of drug-likeness (QED) is 0.777. The average Bonchev–Trinajstić information content (AvgIpc) is 2.77. The molecule has 1 N–H and O–H groups in total. The lowest BCUT2D eigenvalue weighted by atomic mass is 9.92. The molecule has 1 heterocycles. The maximum Gasteiger partial charge on any atom is 0.242 e. The van der Waals surface area contributed by atoms with Crippen molar-refractivity contribution in [3.8, 4) is 0 Å². The Balaban J connectivity index is 1.97. The Morgan fingerprint density at radius 1 is 1.25 bits per heavy atom. The highest BCUT2D eigenvalue weighted by Gasteiger charge is 2.39. The maximum atomic E-state index is 12.4. The Morgan fingerprint density at radius 2 is 1.94 bits per heavy atom. The normalized spacial score (nSPS) is 31.6. The first-order valence-corrected chi connectivity index (χ1v) is 6.66. The fraction of sp³-hybridized carbons (Fsp3) is 0.923. The minimum atomic E-state index is -0.286. The van der Waals surface area contributed by atoms with Crippen molar-refractivity contribution in [1.29, 1.82) is 0 Å². The third-order valence-electron chi connectivity index (χ3n) is 4.28. The Labute approximate surface area is 98.6 Å². The number of nitrogens with one attached hydrogen (secondary N) is 1. The van der Waals surface area contributed by atoms with Crippen molar-refractivity contribution < 1.29 is 4.79 Å². The molecular formula is C13H24N2O. The summed E-state index contributed by atoms with van der Waals surface area (Å²) in [5.74, 6) is 0.303. The third-order valence-corrected chi connectivity index (χ3v) is 4.28. The van der Waals surface area contributed by atoms with Crippen LogP contribution in [0.5, 0.6) is 0 Å². The van der Waals surface area contributed by atoms with Gasteiger partial charge in [-0.05, 0) is 39.2 Å². The first-order valence-electron chi connectivity index (χ1n) is 6.66. The van der Waals surface area contributed by atoms with Crippen LogP contribution in [0.25, 0.3) is 0 Å². The van der Waals surface area contributed by atoms with Crippen LogP contribution >= 0.6 is 0 Å². The van der Waals surface area contributed by atoms with Crippen LogP contribution in [-0.4, -0.2) is 36.0 Å². The highest BCUT2D eigenvalue weighted by atomic mass is 16.2. The molecule has 1 saturated heterocycles. The van der Waals surface area contributed by atoms with E-state index in [1.807, 2.05) is 11.9 Å². The Morgan fingerprint density at radius 3 is 2.50 bits per heavy atom. The summed E-state index contributed by atoms with van der Waals surface area (Å²) in [4.78, 5) is 14.4. The molecule has 0 aromatic carbocycles. The van der Waals surface area contributed by atoms with Gasteiger partial charge in [0.15, 0.2) is 0 Å². The molecule has 16 heavy (non-hydrogen) atoms. The molecule has 2 rings (SSSR count). The van der Waals surface area contributed by atoms with Crippen LogP contribution in [0.3, 0.4) is 0 Å². The van der Waals surface area contributed by atoms with Gasteiger partial charge in [0.05, 0.1) is 5.54 Å². The summed E-state index contributed by atoms with van der Waals surface area (Å²) >= 11 is 0. The lowest BCUT2D eigenvalue weighted by molar-refractivity contribution is -0.138. The number of carbonyl (C=O) groups excluding carboxylic acids is 1. The minimum absolute atomic E-state index is 0.286. The van der Waals surface area contributed by atoms with Crippen LogP contribution in [0.4, 0.5) is 0 Å². The van der Waals surface area contributed by atoms with E-state index in [1.165, 1.54) is 32.1 Å². The van der Waals surface area contributed by atoms with E-state index in [1.54, 1.807) is 0 Å². The zero-order valence-electron chi connectivity index (χ0n) is 10.6. The summed E-state index contributed by atoms with van der Waals surface area (Å²) in [6, 6.07) is 0.487. The molecule has 0 aromatic rings. The van der Waals surface area contributed by atoms with Gasteiger partial charge in [0.2, 0.25) is 5.91 Å². The van der Waals surface area contributed by atoms with Crippen molar-refractivity contribution in [2.24, 2.45) is 0 Å². The first kappa shape index (κ1) is 11.9. The smallest absolute Gasteiger partial charge is 0.242 e. The molecule has 1 aliphatic carbocycles. The van der Waals surface area contributed by atoms with E-state index in [2.05, 4.69) is 12.2 Å². The average molecular weight is 224 g/mol. The Bertz CT molecular complexity index is 253. The highest BCUT2D eigenvalue weighted by Crippen LogP contribution is 2.26. The van der Waals surface area contributed by atoms with Crippen molar-refractivity contribution in [1.82, 2.24) is 10.2 Å². The molecular weight excluding hydrogens is 200 g/mol. The lowest BCUT2D eigenvalue weighted by Gasteiger charge is -2.36. The molecule has 2 fully saturated rings. The number of amides is 1. The summed E-state index contributed by atoms with van der Waals surface area (Å²) < 4.78 is 0. The van der Waals surface area contributed by atoms with E-state index < -0.39 is 0 Å². The fourth-order valence-electron chi connectivity index (χ4n) is 3.10. The molecule has 1 unspecified atom stereocenters. The zero-order valence-corrected chi connectivity index (χ0v) is 10.6. The molecule has 1 saturated carbocycles. The van der Waals surface area contributed by atoms with Crippen LogP contribution < -0.4 is 5.32 Å². The number of likely N-dealkylation sites (N-methyl/N-ethyl adjacent to an activating group) is 1. The van der Waals surface area contributed by atoms with Gasteiger partial charge < -0.3 is 10.2 Å². The third kappa shape index (κ3) is 2.24. The predicted molar refractivity (Wildman–Crippen MR) is 65.3 cm³/mol. The molecule has 2 aliphatic rings. The monoisotopic (exact) mass is 224 g/mol. The number of carbonyl (C=O) groups is 1. The molecule has 92 valence electrons. The SMILES string of the molecule is CN(C(=O)C1(C)CCCN1)C1CCCCC1. The first-order chi connectivity index (χ1) is 7.63. The maximum absolute atomic E-state index is 12.4. The van der Waals surface area contributed by atoms with Gasteiger partial charge in [0.25, 0.3) is 0 Å². The van der Waals surface area contributed by atoms with Gasteiger partial charge in [-0.3, -0.25) is 4.79 Å². The second-order valence-electron chi connectivity index (χ2n) is 5.57. The lowest BCUT2D eigenvalue weighted by Crippen LogP contribution is -2.54. The second-order valence-corrected chi connectivity index (χ2v) is 5.57. The molecule has 0 spiro atoms. The van der Waals surface area contributed by atoms with Gasteiger partial charge in [-0.15, -0.1) is 0 Å². The van der Waals surface area contributed by atoms with Crippen LogP contribution in [0.1, 0.15) is 51.9 Å². The van der Waals surface area contributed by atoms with Crippen molar-refractivity contribution in [3.05, 3.63) is 0 Å². The molecule has 3 heteroatoms. The molecule has 1 amide bonds. The summed E-state index contributed by atoms with van der Waals surface area (Å²) in [6.45, 7) is 3.04. The number of nitrogens with zero attached hydrogens (tertiary/aromatic N) is 1. The van der Waals surface area contributed by atoms with Crippen LogP contribution in [0.15, 0.2) is 0 Å². The molecule has 1 atom stereocenters. The molecule has 3 nitrogen and oxygen atoms in total. The van der Waals surface area contributed by atoms with Gasteiger partial charge in [-0.25, -0.2) is 0 Å². The predicted octanol–water partition coefficient (Wildman–Crippen LogP) is 1.92. The topological polar surface area (TPSA) is 32.3 Å². The second kappa shape index (κ2) is 4.74. The van der Waals surface area contributed by atoms with E-state index in [-0.39, 0.29) is 5.54 Å². The summed E-state index contributed by atoms with van der Waals surface area (Å²) in [5, 5.41) is 3.36. The van der Waals surface area contributed by atoms with Crippen molar-refractivity contribution in [2.75, 3.05) is 13.6 Å². The summed E-state index contributed by atoms with van der Waals surface area (Å²) in [5.41, 5.74) is -0.286. The van der Waals surface area contributed by atoms with Gasteiger partial charge in [0.1, 0.15) is 0 Å². The van der Waals surface area contributed by atoms with Crippen molar-refractivity contribution >= 4 is 5.91 Å². The van der Waals surface area contributed by atoms with Gasteiger partial charge in [0, 0.05) is 13.1 Å². The van der Waals surface area contributed by atoms with E-state index >= 15 is 0 Å². The van der Waals surface area contributed by atoms with Crippen LogP contribution in [0, 0.1) is 0 Å². The molecule has 0 radical (unpaired) electrons. The van der Waals surface area contributed by atoms with E-state index in [4.69, 9.17) is 0 Å². The number of hydrogen-bond donors (Lipinski definition) is 1. The van der Waals surface area contributed by atoms with E-state index in [0.29, 0.717) is 11.9 Å². The van der Waals surface area contributed by atoms with Crippen LogP contribution in [-0.2, 0) is 4.79 Å². The fourth-order valence-corrected chi connectivity index (χ4v) is 3.10. The van der Waals surface area contributed by atoms with Crippen LogP contribution in [0.2, 0.25) is 0 Å². The van der Waals surface area contributed by atoms with Gasteiger partial charge >= 0.3 is 0 Å². The zero-order chi connectivity index (χ0) is 11.6.